The van der Waals surface area contributed by atoms with Crippen molar-refractivity contribution in [1.29, 1.82) is 0 Å². The smallest absolute Gasteiger partial charge is 0.262 e. The fourth-order valence-electron chi connectivity index (χ4n) is 2.42. The molecule has 0 unspecified atom stereocenters. The lowest BCUT2D eigenvalue weighted by molar-refractivity contribution is -0.114. The molecule has 0 aliphatic carbocycles. The van der Waals surface area contributed by atoms with Gasteiger partial charge in [0.1, 0.15) is 0 Å². The van der Waals surface area contributed by atoms with Gasteiger partial charge in [-0.15, -0.1) is 0 Å². The number of hydrogen-bond acceptors (Lipinski definition) is 3. The number of nitrogens with one attached hydrogen (secondary N) is 2. The van der Waals surface area contributed by atoms with E-state index >= 15 is 0 Å². The van der Waals surface area contributed by atoms with Crippen LogP contribution in [0.2, 0.25) is 10.0 Å². The van der Waals surface area contributed by atoms with Crippen molar-refractivity contribution >= 4 is 50.5 Å². The highest BCUT2D eigenvalue weighted by molar-refractivity contribution is 7.92. The molecule has 0 atom stereocenters. The Morgan fingerprint density at radius 3 is 2.12 bits per heavy atom. The highest BCUT2D eigenvalue weighted by atomic mass is 35.5. The van der Waals surface area contributed by atoms with Crippen LogP contribution in [0.15, 0.2) is 35.2 Å². The molecular weight excluding hydrogens is 371 g/mol. The van der Waals surface area contributed by atoms with Crippen LogP contribution in [0, 0.1) is 13.8 Å². The summed E-state index contributed by atoms with van der Waals surface area (Å²) in [7, 11) is -3.85. The fraction of sp³-hybridized carbons (Fsp3) is 0.188. The molecule has 0 fully saturated rings. The molecule has 2 rings (SSSR count). The molecular formula is C16H16Cl2N2O3S. The Kier molecular flexibility index (Phi) is 5.42. The Morgan fingerprint density at radius 1 is 1.04 bits per heavy atom. The van der Waals surface area contributed by atoms with Gasteiger partial charge in [-0.05, 0) is 55.3 Å². The number of carbonyl (C=O) groups is 1. The first-order chi connectivity index (χ1) is 11.1. The van der Waals surface area contributed by atoms with Crippen LogP contribution in [0.1, 0.15) is 18.1 Å². The van der Waals surface area contributed by atoms with Crippen molar-refractivity contribution in [3.63, 3.8) is 0 Å². The Morgan fingerprint density at radius 2 is 1.62 bits per heavy atom. The monoisotopic (exact) mass is 386 g/mol. The molecule has 0 aromatic heterocycles. The Hall–Kier alpha value is -1.76. The molecule has 0 radical (unpaired) electrons. The zero-order chi connectivity index (χ0) is 18.1. The molecule has 0 saturated heterocycles. The summed E-state index contributed by atoms with van der Waals surface area (Å²) >= 11 is 11.8. The first-order valence-electron chi connectivity index (χ1n) is 6.97. The normalized spacial score (nSPS) is 11.2. The SMILES string of the molecule is CC(=O)Nc1cc(C)c(S(=O)(=O)Nc2ccc(Cl)cc2Cl)c(C)c1. The standard InChI is InChI=1S/C16H16Cl2N2O3S/c1-9-6-13(19-11(3)21)7-10(2)16(9)24(22,23)20-15-5-4-12(17)8-14(15)18/h4-8,20H,1-3H3,(H,19,21). The molecule has 0 bridgehead atoms. The van der Waals surface area contributed by atoms with E-state index in [1.54, 1.807) is 32.0 Å². The average Bonchev–Trinajstić information content (AvgIpc) is 2.39. The van der Waals surface area contributed by atoms with Crippen molar-refractivity contribution in [2.45, 2.75) is 25.7 Å². The lowest BCUT2D eigenvalue weighted by Crippen LogP contribution is -2.16. The van der Waals surface area contributed by atoms with E-state index in [0.717, 1.165) is 0 Å². The topological polar surface area (TPSA) is 75.3 Å². The molecule has 2 aromatic carbocycles. The lowest BCUT2D eigenvalue weighted by atomic mass is 10.1. The number of benzene rings is 2. The number of amides is 1. The van der Waals surface area contributed by atoms with E-state index in [4.69, 9.17) is 23.2 Å². The summed E-state index contributed by atoms with van der Waals surface area (Å²) in [6.07, 6.45) is 0. The molecule has 2 N–H and O–H groups in total. The van der Waals surface area contributed by atoms with E-state index in [-0.39, 0.29) is 21.5 Å². The number of aryl methyl sites for hydroxylation is 2. The van der Waals surface area contributed by atoms with Crippen LogP contribution in [0.5, 0.6) is 0 Å². The maximum atomic E-state index is 12.7. The molecule has 2 aromatic rings. The molecule has 0 heterocycles. The van der Waals surface area contributed by atoms with Crippen molar-refractivity contribution < 1.29 is 13.2 Å². The van der Waals surface area contributed by atoms with E-state index in [9.17, 15) is 13.2 Å². The minimum atomic E-state index is -3.85. The molecule has 1 amide bonds. The minimum Gasteiger partial charge on any atom is -0.326 e. The Balaban J connectivity index is 2.44. The molecule has 0 saturated carbocycles. The van der Waals surface area contributed by atoms with Crippen molar-refractivity contribution in [2.75, 3.05) is 10.0 Å². The second-order valence-corrected chi connectivity index (χ2v) is 7.81. The van der Waals surface area contributed by atoms with Crippen LogP contribution in [-0.4, -0.2) is 14.3 Å². The van der Waals surface area contributed by atoms with Crippen molar-refractivity contribution in [3.8, 4) is 0 Å². The first kappa shape index (κ1) is 18.6. The minimum absolute atomic E-state index is 0.141. The van der Waals surface area contributed by atoms with E-state index in [2.05, 4.69) is 10.0 Å². The van der Waals surface area contributed by atoms with Gasteiger partial charge in [0.05, 0.1) is 15.6 Å². The molecule has 24 heavy (non-hydrogen) atoms. The maximum absolute atomic E-state index is 12.7. The third-order valence-electron chi connectivity index (χ3n) is 3.22. The molecule has 0 aliphatic heterocycles. The molecule has 0 spiro atoms. The summed E-state index contributed by atoms with van der Waals surface area (Å²) in [6, 6.07) is 7.71. The predicted octanol–water partition coefficient (Wildman–Crippen LogP) is 4.37. The second kappa shape index (κ2) is 7.01. The fourth-order valence-corrected chi connectivity index (χ4v) is 4.46. The van der Waals surface area contributed by atoms with E-state index < -0.39 is 10.0 Å². The van der Waals surface area contributed by atoms with Gasteiger partial charge in [0.15, 0.2) is 0 Å². The van der Waals surface area contributed by atoms with Gasteiger partial charge < -0.3 is 5.32 Å². The van der Waals surface area contributed by atoms with Gasteiger partial charge in [-0.2, -0.15) is 0 Å². The molecule has 0 aliphatic rings. The van der Waals surface area contributed by atoms with Gasteiger partial charge in [-0.25, -0.2) is 8.42 Å². The van der Waals surface area contributed by atoms with Crippen LogP contribution in [0.25, 0.3) is 0 Å². The van der Waals surface area contributed by atoms with Crippen LogP contribution < -0.4 is 10.0 Å². The van der Waals surface area contributed by atoms with Gasteiger partial charge in [-0.1, -0.05) is 23.2 Å². The lowest BCUT2D eigenvalue weighted by Gasteiger charge is -2.15. The van der Waals surface area contributed by atoms with Gasteiger partial charge in [0.2, 0.25) is 5.91 Å². The molecule has 8 heteroatoms. The van der Waals surface area contributed by atoms with Crippen molar-refractivity contribution in [3.05, 3.63) is 51.5 Å². The number of hydrogen-bond donors (Lipinski definition) is 2. The number of anilines is 2. The summed E-state index contributed by atoms with van der Waals surface area (Å²) in [5.41, 5.74) is 1.81. The molecule has 128 valence electrons. The number of halogens is 2. The van der Waals surface area contributed by atoms with E-state index in [1.165, 1.54) is 19.1 Å². The van der Waals surface area contributed by atoms with E-state index in [1.807, 2.05) is 0 Å². The largest absolute Gasteiger partial charge is 0.326 e. The van der Waals surface area contributed by atoms with Crippen molar-refractivity contribution in [1.82, 2.24) is 0 Å². The highest BCUT2D eigenvalue weighted by Crippen LogP contribution is 2.30. The van der Waals surface area contributed by atoms with E-state index in [0.29, 0.717) is 21.8 Å². The van der Waals surface area contributed by atoms with Crippen LogP contribution in [-0.2, 0) is 14.8 Å². The van der Waals surface area contributed by atoms with Crippen LogP contribution in [0.4, 0.5) is 11.4 Å². The van der Waals surface area contributed by atoms with Crippen molar-refractivity contribution in [2.24, 2.45) is 0 Å². The van der Waals surface area contributed by atoms with Gasteiger partial charge in [-0.3, -0.25) is 9.52 Å². The van der Waals surface area contributed by atoms with Gasteiger partial charge >= 0.3 is 0 Å². The summed E-state index contributed by atoms with van der Waals surface area (Å²) in [5.74, 6) is -0.226. The van der Waals surface area contributed by atoms with Gasteiger partial charge in [0.25, 0.3) is 10.0 Å². The van der Waals surface area contributed by atoms with Gasteiger partial charge in [0, 0.05) is 17.6 Å². The predicted molar refractivity (Wildman–Crippen MR) is 97.5 cm³/mol. The Labute approximate surface area is 151 Å². The highest BCUT2D eigenvalue weighted by Gasteiger charge is 2.21. The van der Waals surface area contributed by atoms with Crippen LogP contribution >= 0.6 is 23.2 Å². The second-order valence-electron chi connectivity index (χ2n) is 5.35. The zero-order valence-corrected chi connectivity index (χ0v) is 15.6. The summed E-state index contributed by atoms with van der Waals surface area (Å²) in [6.45, 7) is 4.71. The number of carbonyl (C=O) groups excluding carboxylic acids is 1. The summed E-state index contributed by atoms with van der Waals surface area (Å²) in [5, 5.41) is 3.26. The Bertz CT molecular complexity index is 889. The third kappa shape index (κ3) is 4.20. The summed E-state index contributed by atoms with van der Waals surface area (Å²) < 4.78 is 27.9. The average molecular weight is 387 g/mol. The zero-order valence-electron chi connectivity index (χ0n) is 13.3. The maximum Gasteiger partial charge on any atom is 0.262 e. The van der Waals surface area contributed by atoms with Crippen LogP contribution in [0.3, 0.4) is 0 Å². The quantitative estimate of drug-likeness (QED) is 0.818. The molecule has 5 nitrogen and oxygen atoms in total. The number of rotatable bonds is 4. The number of sulfonamides is 1. The summed E-state index contributed by atoms with van der Waals surface area (Å²) in [4.78, 5) is 11.3. The first-order valence-corrected chi connectivity index (χ1v) is 9.21. The third-order valence-corrected chi connectivity index (χ3v) is 5.44.